The Balaban J connectivity index is 2.28. The molecule has 0 saturated carbocycles. The maximum Gasteiger partial charge on any atom is 0.216 e. The molecule has 6 nitrogen and oxygen atoms in total. The zero-order valence-corrected chi connectivity index (χ0v) is 10.7. The number of hydrogen-bond acceptors (Lipinski definition) is 5. The summed E-state index contributed by atoms with van der Waals surface area (Å²) >= 11 is 11.5. The van der Waals surface area contributed by atoms with Crippen LogP contribution in [0.4, 0.5) is 10.1 Å². The molecule has 0 unspecified atom stereocenters. The zero-order chi connectivity index (χ0) is 13.8. The van der Waals surface area contributed by atoms with Crippen LogP contribution >= 0.6 is 23.2 Å². The number of hydrogen-bond donors (Lipinski definition) is 2. The van der Waals surface area contributed by atoms with Crippen molar-refractivity contribution in [3.63, 3.8) is 0 Å². The molecule has 0 amide bonds. The fourth-order valence-electron chi connectivity index (χ4n) is 1.21. The number of aromatic nitrogens is 4. The number of anilines is 1. The van der Waals surface area contributed by atoms with Gasteiger partial charge in [-0.3, -0.25) is 0 Å². The predicted molar refractivity (Wildman–Crippen MR) is 67.8 cm³/mol. The summed E-state index contributed by atoms with van der Waals surface area (Å²) in [5, 5.41) is 24.4. The van der Waals surface area contributed by atoms with Crippen LogP contribution in [-0.4, -0.2) is 20.6 Å². The van der Waals surface area contributed by atoms with Gasteiger partial charge in [-0.2, -0.15) is 10.5 Å². The Labute approximate surface area is 116 Å². The van der Waals surface area contributed by atoms with Gasteiger partial charge in [0.05, 0.1) is 15.7 Å². The molecule has 0 aliphatic carbocycles. The minimum Gasteiger partial charge on any atom is -0.359 e. The van der Waals surface area contributed by atoms with Crippen molar-refractivity contribution in [3.8, 4) is 6.07 Å². The normalized spacial score (nSPS) is 11.2. The first-order valence-electron chi connectivity index (χ1n) is 4.87. The summed E-state index contributed by atoms with van der Waals surface area (Å²) in [6.07, 6.45) is 1.32. The van der Waals surface area contributed by atoms with Gasteiger partial charge in [0, 0.05) is 6.20 Å². The number of H-pyrrole nitrogens is 1. The minimum atomic E-state index is -0.625. The molecule has 0 bridgehead atoms. The van der Waals surface area contributed by atoms with Gasteiger partial charge < -0.3 is 5.32 Å². The average Bonchev–Trinajstić information content (AvgIpc) is 2.93. The highest BCUT2D eigenvalue weighted by molar-refractivity contribution is 6.43. The van der Waals surface area contributed by atoms with Crippen molar-refractivity contribution < 1.29 is 4.39 Å². The number of nitrogens with zero attached hydrogens (tertiary/aromatic N) is 4. The first-order valence-corrected chi connectivity index (χ1v) is 5.63. The fourth-order valence-corrected chi connectivity index (χ4v) is 1.58. The molecule has 0 aliphatic heterocycles. The van der Waals surface area contributed by atoms with E-state index in [-0.39, 0.29) is 21.4 Å². The van der Waals surface area contributed by atoms with Crippen molar-refractivity contribution in [2.75, 3.05) is 5.32 Å². The molecule has 1 aromatic heterocycles. The Hall–Kier alpha value is -2.17. The lowest BCUT2D eigenvalue weighted by Gasteiger charge is -2.06. The number of halogens is 3. The monoisotopic (exact) mass is 298 g/mol. The Morgan fingerprint density at radius 2 is 2.21 bits per heavy atom. The van der Waals surface area contributed by atoms with Gasteiger partial charge in [0.2, 0.25) is 5.82 Å². The van der Waals surface area contributed by atoms with E-state index in [4.69, 9.17) is 28.5 Å². The summed E-state index contributed by atoms with van der Waals surface area (Å²) in [7, 11) is 0. The number of rotatable bonds is 3. The number of aromatic amines is 1. The molecule has 9 heteroatoms. The Morgan fingerprint density at radius 3 is 2.84 bits per heavy atom. The molecule has 0 spiro atoms. The SMILES string of the molecule is N#CC(=CNc1ccc(F)c(Cl)c1Cl)c1nn[nH]n1. The van der Waals surface area contributed by atoms with E-state index in [1.54, 1.807) is 0 Å². The third-order valence-electron chi connectivity index (χ3n) is 2.11. The molecular weight excluding hydrogens is 294 g/mol. The summed E-state index contributed by atoms with van der Waals surface area (Å²) in [5.41, 5.74) is 0.481. The molecule has 0 atom stereocenters. The summed E-state index contributed by atoms with van der Waals surface area (Å²) in [4.78, 5) is 0. The van der Waals surface area contributed by atoms with E-state index < -0.39 is 5.82 Å². The average molecular weight is 299 g/mol. The Morgan fingerprint density at radius 1 is 1.42 bits per heavy atom. The van der Waals surface area contributed by atoms with Crippen LogP contribution in [0.1, 0.15) is 5.82 Å². The highest BCUT2D eigenvalue weighted by atomic mass is 35.5. The summed E-state index contributed by atoms with van der Waals surface area (Å²) in [6.45, 7) is 0. The molecular formula is C10H5Cl2FN6. The number of benzene rings is 1. The van der Waals surface area contributed by atoms with Crippen molar-refractivity contribution in [1.82, 2.24) is 20.6 Å². The standard InChI is InChI=1S/C10H5Cl2FN6/c11-8-6(13)1-2-7(9(8)12)15-4-5(3-14)10-16-18-19-17-10/h1-2,4,15H,(H,16,17,18,19). The van der Waals surface area contributed by atoms with E-state index >= 15 is 0 Å². The molecule has 0 fully saturated rings. The zero-order valence-electron chi connectivity index (χ0n) is 9.15. The van der Waals surface area contributed by atoms with Gasteiger partial charge in [-0.05, 0) is 17.3 Å². The topological polar surface area (TPSA) is 90.3 Å². The van der Waals surface area contributed by atoms with Crippen LogP contribution in [0.5, 0.6) is 0 Å². The molecule has 1 heterocycles. The van der Waals surface area contributed by atoms with Gasteiger partial charge >= 0.3 is 0 Å². The van der Waals surface area contributed by atoms with Crippen LogP contribution in [-0.2, 0) is 0 Å². The van der Waals surface area contributed by atoms with Gasteiger partial charge in [0.25, 0.3) is 0 Å². The van der Waals surface area contributed by atoms with Crippen molar-refractivity contribution in [2.24, 2.45) is 0 Å². The summed E-state index contributed by atoms with van der Waals surface area (Å²) in [5.74, 6) is -0.501. The largest absolute Gasteiger partial charge is 0.359 e. The Bertz CT molecular complexity index is 661. The maximum absolute atomic E-state index is 13.1. The second kappa shape index (κ2) is 5.65. The van der Waals surface area contributed by atoms with Crippen molar-refractivity contribution >= 4 is 34.5 Å². The van der Waals surface area contributed by atoms with Crippen molar-refractivity contribution in [1.29, 1.82) is 5.26 Å². The van der Waals surface area contributed by atoms with Gasteiger partial charge in [0.15, 0.2) is 0 Å². The van der Waals surface area contributed by atoms with Crippen LogP contribution in [0.2, 0.25) is 10.0 Å². The lowest BCUT2D eigenvalue weighted by atomic mass is 10.3. The third-order valence-corrected chi connectivity index (χ3v) is 2.97. The van der Waals surface area contributed by atoms with E-state index in [1.807, 2.05) is 6.07 Å². The number of nitrogens with one attached hydrogen (secondary N) is 2. The molecule has 0 aliphatic rings. The van der Waals surface area contributed by atoms with Crippen LogP contribution in [0.25, 0.3) is 5.57 Å². The molecule has 96 valence electrons. The van der Waals surface area contributed by atoms with E-state index in [2.05, 4.69) is 25.9 Å². The van der Waals surface area contributed by atoms with Gasteiger partial charge in [-0.25, -0.2) is 4.39 Å². The second-order valence-corrected chi connectivity index (χ2v) is 4.03. The highest BCUT2D eigenvalue weighted by Crippen LogP contribution is 2.32. The molecule has 0 radical (unpaired) electrons. The summed E-state index contributed by atoms with van der Waals surface area (Å²) < 4.78 is 13.1. The number of tetrazole rings is 1. The molecule has 2 N–H and O–H groups in total. The molecule has 2 rings (SSSR count). The molecule has 19 heavy (non-hydrogen) atoms. The fraction of sp³-hybridized carbons (Fsp3) is 0. The number of nitriles is 1. The smallest absolute Gasteiger partial charge is 0.216 e. The van der Waals surface area contributed by atoms with Crippen LogP contribution < -0.4 is 5.32 Å². The third kappa shape index (κ3) is 2.81. The molecule has 2 aromatic rings. The molecule has 0 saturated heterocycles. The number of allylic oxidation sites excluding steroid dienone is 1. The molecule has 1 aromatic carbocycles. The van der Waals surface area contributed by atoms with Crippen LogP contribution in [0.15, 0.2) is 18.3 Å². The second-order valence-electron chi connectivity index (χ2n) is 3.27. The maximum atomic E-state index is 13.1. The lowest BCUT2D eigenvalue weighted by Crippen LogP contribution is -1.94. The van der Waals surface area contributed by atoms with Gasteiger partial charge in [-0.1, -0.05) is 23.2 Å². The van der Waals surface area contributed by atoms with E-state index in [9.17, 15) is 4.39 Å². The first kappa shape index (κ1) is 13.3. The van der Waals surface area contributed by atoms with E-state index in [0.29, 0.717) is 5.69 Å². The van der Waals surface area contributed by atoms with Crippen LogP contribution in [0.3, 0.4) is 0 Å². The van der Waals surface area contributed by atoms with Crippen molar-refractivity contribution in [3.05, 3.63) is 40.0 Å². The van der Waals surface area contributed by atoms with E-state index in [0.717, 1.165) is 6.07 Å². The Kier molecular flexibility index (Phi) is 3.94. The van der Waals surface area contributed by atoms with E-state index in [1.165, 1.54) is 12.3 Å². The predicted octanol–water partition coefficient (Wildman–Crippen LogP) is 2.62. The van der Waals surface area contributed by atoms with Gasteiger partial charge in [0.1, 0.15) is 17.5 Å². The first-order chi connectivity index (χ1) is 9.13. The lowest BCUT2D eigenvalue weighted by molar-refractivity contribution is 0.628. The quantitative estimate of drug-likeness (QED) is 0.671. The summed E-state index contributed by atoms with van der Waals surface area (Å²) in [6, 6.07) is 4.44. The highest BCUT2D eigenvalue weighted by Gasteiger charge is 2.10. The van der Waals surface area contributed by atoms with Crippen molar-refractivity contribution in [2.45, 2.75) is 0 Å². The minimum absolute atomic E-state index is 0.0170. The van der Waals surface area contributed by atoms with Gasteiger partial charge in [-0.15, -0.1) is 10.2 Å². The van der Waals surface area contributed by atoms with Crippen LogP contribution in [0, 0.1) is 17.1 Å².